The lowest BCUT2D eigenvalue weighted by Gasteiger charge is -2.10. The number of nitrogens with one attached hydrogen (secondary N) is 1. The highest BCUT2D eigenvalue weighted by Gasteiger charge is 2.16. The molecule has 0 bridgehead atoms. The van der Waals surface area contributed by atoms with Gasteiger partial charge in [-0.2, -0.15) is 0 Å². The lowest BCUT2D eigenvalue weighted by molar-refractivity contribution is 0.580. The van der Waals surface area contributed by atoms with Crippen LogP contribution in [0.3, 0.4) is 0 Å². The summed E-state index contributed by atoms with van der Waals surface area (Å²) in [7, 11) is -3.48. The molecule has 0 aromatic heterocycles. The molecule has 0 unspecified atom stereocenters. The molecule has 0 spiro atoms. The standard InChI is InChI=1S/C14H14BrNO2S/c1-11-6-2-5-9-14(11)19(17,18)16-10-12-7-3-4-8-13(12)15/h2-9,16H,10H2,1H3. The zero-order valence-corrected chi connectivity index (χ0v) is 12.8. The van der Waals surface area contributed by atoms with Gasteiger partial charge < -0.3 is 0 Å². The molecule has 0 amide bonds. The average Bonchev–Trinajstić information content (AvgIpc) is 2.38. The topological polar surface area (TPSA) is 46.2 Å². The van der Waals surface area contributed by atoms with Crippen LogP contribution in [0.15, 0.2) is 57.9 Å². The van der Waals surface area contributed by atoms with Crippen LogP contribution in [0.5, 0.6) is 0 Å². The molecule has 0 aliphatic heterocycles. The third-order valence-electron chi connectivity index (χ3n) is 2.79. The fraction of sp³-hybridized carbons (Fsp3) is 0.143. The van der Waals surface area contributed by atoms with Crippen LogP contribution in [0.4, 0.5) is 0 Å². The van der Waals surface area contributed by atoms with Gasteiger partial charge >= 0.3 is 0 Å². The van der Waals surface area contributed by atoms with E-state index in [9.17, 15) is 8.42 Å². The highest BCUT2D eigenvalue weighted by Crippen LogP contribution is 2.18. The summed E-state index contributed by atoms with van der Waals surface area (Å²) < 4.78 is 27.9. The van der Waals surface area contributed by atoms with Crippen LogP contribution < -0.4 is 4.72 Å². The van der Waals surface area contributed by atoms with Crippen molar-refractivity contribution in [2.45, 2.75) is 18.4 Å². The molecule has 2 aromatic carbocycles. The van der Waals surface area contributed by atoms with Crippen LogP contribution in [-0.4, -0.2) is 8.42 Å². The van der Waals surface area contributed by atoms with E-state index >= 15 is 0 Å². The Labute approximate surface area is 121 Å². The first-order valence-electron chi connectivity index (χ1n) is 5.79. The van der Waals surface area contributed by atoms with E-state index in [2.05, 4.69) is 20.7 Å². The number of aryl methyl sites for hydroxylation is 1. The van der Waals surface area contributed by atoms with Crippen LogP contribution >= 0.6 is 15.9 Å². The highest BCUT2D eigenvalue weighted by atomic mass is 79.9. The van der Waals surface area contributed by atoms with E-state index in [1.165, 1.54) is 0 Å². The fourth-order valence-corrected chi connectivity index (χ4v) is 3.43. The maximum atomic E-state index is 12.2. The molecule has 2 rings (SSSR count). The minimum atomic E-state index is -3.48. The Morgan fingerprint density at radius 2 is 1.68 bits per heavy atom. The van der Waals surface area contributed by atoms with Crippen molar-refractivity contribution in [3.63, 3.8) is 0 Å². The maximum Gasteiger partial charge on any atom is 0.241 e. The normalized spacial score (nSPS) is 11.5. The van der Waals surface area contributed by atoms with Crippen molar-refractivity contribution >= 4 is 26.0 Å². The van der Waals surface area contributed by atoms with Crippen LogP contribution in [0, 0.1) is 6.92 Å². The molecule has 0 saturated carbocycles. The Balaban J connectivity index is 2.20. The molecule has 0 aliphatic carbocycles. The number of rotatable bonds is 4. The maximum absolute atomic E-state index is 12.2. The predicted octanol–water partition coefficient (Wildman–Crippen LogP) is 3.24. The van der Waals surface area contributed by atoms with E-state index in [4.69, 9.17) is 0 Å². The molecule has 3 nitrogen and oxygen atoms in total. The summed E-state index contributed by atoms with van der Waals surface area (Å²) in [5.41, 5.74) is 1.64. The zero-order chi connectivity index (χ0) is 13.9. The third-order valence-corrected chi connectivity index (χ3v) is 5.13. The molecule has 0 heterocycles. The van der Waals surface area contributed by atoms with Crippen molar-refractivity contribution in [2.75, 3.05) is 0 Å². The molecule has 2 aromatic rings. The largest absolute Gasteiger partial charge is 0.241 e. The smallest absolute Gasteiger partial charge is 0.207 e. The number of hydrogen-bond donors (Lipinski definition) is 1. The minimum absolute atomic E-state index is 0.262. The minimum Gasteiger partial charge on any atom is -0.207 e. The van der Waals surface area contributed by atoms with Crippen LogP contribution in [0.2, 0.25) is 0 Å². The molecular weight excluding hydrogens is 326 g/mol. The molecule has 0 atom stereocenters. The molecule has 0 aliphatic rings. The molecular formula is C14H14BrNO2S. The van der Waals surface area contributed by atoms with Gasteiger partial charge in [0.25, 0.3) is 0 Å². The summed E-state index contributed by atoms with van der Waals surface area (Å²) in [4.78, 5) is 0.321. The van der Waals surface area contributed by atoms with Crippen molar-refractivity contribution < 1.29 is 8.42 Å². The Morgan fingerprint density at radius 1 is 1.05 bits per heavy atom. The van der Waals surface area contributed by atoms with Gasteiger partial charge in [0.2, 0.25) is 10.0 Å². The van der Waals surface area contributed by atoms with Gasteiger partial charge in [-0.1, -0.05) is 52.3 Å². The van der Waals surface area contributed by atoms with Gasteiger partial charge in [0.15, 0.2) is 0 Å². The number of benzene rings is 2. The summed E-state index contributed by atoms with van der Waals surface area (Å²) >= 11 is 3.40. The second kappa shape index (κ2) is 5.86. The Bertz CT molecular complexity index is 683. The number of halogens is 1. The SMILES string of the molecule is Cc1ccccc1S(=O)(=O)NCc1ccccc1Br. The van der Waals surface area contributed by atoms with Gasteiger partial charge in [-0.3, -0.25) is 0 Å². The van der Waals surface area contributed by atoms with Crippen LogP contribution in [0.1, 0.15) is 11.1 Å². The first-order chi connectivity index (χ1) is 9.00. The van der Waals surface area contributed by atoms with E-state index < -0.39 is 10.0 Å². The summed E-state index contributed by atoms with van der Waals surface area (Å²) in [6.45, 7) is 2.05. The van der Waals surface area contributed by atoms with Gasteiger partial charge in [0, 0.05) is 11.0 Å². The van der Waals surface area contributed by atoms with E-state index in [-0.39, 0.29) is 6.54 Å². The van der Waals surface area contributed by atoms with Crippen molar-refractivity contribution in [3.8, 4) is 0 Å². The molecule has 0 fully saturated rings. The highest BCUT2D eigenvalue weighted by molar-refractivity contribution is 9.10. The first-order valence-corrected chi connectivity index (χ1v) is 8.07. The van der Waals surface area contributed by atoms with Gasteiger partial charge in [-0.05, 0) is 30.2 Å². The second-order valence-corrected chi connectivity index (χ2v) is 6.77. The van der Waals surface area contributed by atoms with E-state index in [1.54, 1.807) is 25.1 Å². The predicted molar refractivity (Wildman–Crippen MR) is 79.3 cm³/mol. The van der Waals surface area contributed by atoms with E-state index in [0.29, 0.717) is 4.90 Å². The number of hydrogen-bond acceptors (Lipinski definition) is 2. The Hall–Kier alpha value is -1.17. The van der Waals surface area contributed by atoms with Crippen molar-refractivity contribution in [1.29, 1.82) is 0 Å². The van der Waals surface area contributed by atoms with E-state index in [1.807, 2.05) is 30.3 Å². The van der Waals surface area contributed by atoms with Gasteiger partial charge in [-0.25, -0.2) is 13.1 Å². The molecule has 1 N–H and O–H groups in total. The summed E-state index contributed by atoms with van der Waals surface area (Å²) in [6, 6.07) is 14.5. The molecule has 19 heavy (non-hydrogen) atoms. The zero-order valence-electron chi connectivity index (χ0n) is 10.4. The lowest BCUT2D eigenvalue weighted by atomic mass is 10.2. The molecule has 0 saturated heterocycles. The first kappa shape index (κ1) is 14.2. The van der Waals surface area contributed by atoms with Crippen LogP contribution in [0.25, 0.3) is 0 Å². The van der Waals surface area contributed by atoms with E-state index in [0.717, 1.165) is 15.6 Å². The monoisotopic (exact) mass is 339 g/mol. The molecule has 5 heteroatoms. The van der Waals surface area contributed by atoms with Gasteiger partial charge in [0.05, 0.1) is 4.90 Å². The molecule has 100 valence electrons. The fourth-order valence-electron chi connectivity index (χ4n) is 1.75. The molecule has 0 radical (unpaired) electrons. The second-order valence-electron chi connectivity index (χ2n) is 4.18. The summed E-state index contributed by atoms with van der Waals surface area (Å²) in [5.74, 6) is 0. The quantitative estimate of drug-likeness (QED) is 0.929. The van der Waals surface area contributed by atoms with Crippen LogP contribution in [-0.2, 0) is 16.6 Å². The summed E-state index contributed by atoms with van der Waals surface area (Å²) in [5, 5.41) is 0. The van der Waals surface area contributed by atoms with Crippen molar-refractivity contribution in [3.05, 3.63) is 64.1 Å². The third kappa shape index (κ3) is 3.43. The van der Waals surface area contributed by atoms with Gasteiger partial charge in [0.1, 0.15) is 0 Å². The van der Waals surface area contributed by atoms with Crippen molar-refractivity contribution in [2.24, 2.45) is 0 Å². The lowest BCUT2D eigenvalue weighted by Crippen LogP contribution is -2.24. The Kier molecular flexibility index (Phi) is 4.39. The summed E-state index contributed by atoms with van der Waals surface area (Å²) in [6.07, 6.45) is 0. The van der Waals surface area contributed by atoms with Crippen molar-refractivity contribution in [1.82, 2.24) is 4.72 Å². The Morgan fingerprint density at radius 3 is 2.37 bits per heavy atom. The van der Waals surface area contributed by atoms with Gasteiger partial charge in [-0.15, -0.1) is 0 Å². The number of sulfonamides is 1. The average molecular weight is 340 g/mol.